The van der Waals surface area contributed by atoms with Gasteiger partial charge in [-0.05, 0) is 40.5 Å². The highest BCUT2D eigenvalue weighted by Gasteiger charge is 2.17. The molecule has 0 bridgehead atoms. The Hall–Kier alpha value is -0.610. The van der Waals surface area contributed by atoms with Crippen molar-refractivity contribution in [3.8, 4) is 0 Å². The number of nitrogens with one attached hydrogen (secondary N) is 1. The maximum Gasteiger partial charge on any atom is 0.207 e. The van der Waals surface area contributed by atoms with Gasteiger partial charge in [0.05, 0.1) is 11.7 Å². The van der Waals surface area contributed by atoms with E-state index < -0.39 is 0 Å². The Morgan fingerprint density at radius 2 is 2.12 bits per heavy atom. The average molecular weight is 231 g/mol. The minimum absolute atomic E-state index is 0.116. The van der Waals surface area contributed by atoms with E-state index in [1.165, 1.54) is 0 Å². The van der Waals surface area contributed by atoms with Crippen molar-refractivity contribution in [2.45, 2.75) is 52.2 Å². The van der Waals surface area contributed by atoms with Gasteiger partial charge in [-0.3, -0.25) is 4.79 Å². The van der Waals surface area contributed by atoms with Crippen LogP contribution in [-0.2, 0) is 14.3 Å². The monoisotopic (exact) mass is 231 g/mol. The van der Waals surface area contributed by atoms with Gasteiger partial charge in [0.1, 0.15) is 0 Å². The Kier molecular flexibility index (Phi) is 8.21. The van der Waals surface area contributed by atoms with Crippen molar-refractivity contribution in [1.82, 2.24) is 5.32 Å². The molecule has 96 valence electrons. The van der Waals surface area contributed by atoms with Crippen molar-refractivity contribution in [3.63, 3.8) is 0 Å². The molecule has 16 heavy (non-hydrogen) atoms. The molecular weight excluding hydrogens is 206 g/mol. The second-order valence-corrected chi connectivity index (χ2v) is 4.48. The Morgan fingerprint density at radius 1 is 1.44 bits per heavy atom. The molecule has 0 aliphatic heterocycles. The van der Waals surface area contributed by atoms with Gasteiger partial charge in [0.25, 0.3) is 0 Å². The molecule has 0 aromatic heterocycles. The van der Waals surface area contributed by atoms with Crippen LogP contribution in [0.25, 0.3) is 0 Å². The van der Waals surface area contributed by atoms with Gasteiger partial charge in [0.15, 0.2) is 0 Å². The van der Waals surface area contributed by atoms with Gasteiger partial charge < -0.3 is 14.8 Å². The van der Waals surface area contributed by atoms with Crippen LogP contribution < -0.4 is 5.32 Å². The molecule has 0 fully saturated rings. The molecule has 1 atom stereocenters. The second-order valence-electron chi connectivity index (χ2n) is 4.48. The van der Waals surface area contributed by atoms with E-state index in [2.05, 4.69) is 19.2 Å². The number of ether oxygens (including phenoxy) is 2. The third-order valence-corrected chi connectivity index (χ3v) is 2.42. The molecule has 0 heterocycles. The predicted octanol–water partition coefficient (Wildman–Crippen LogP) is 1.73. The maximum absolute atomic E-state index is 10.0. The molecule has 0 saturated carbocycles. The number of carbonyl (C=O) groups excluding carboxylic acids is 1. The van der Waals surface area contributed by atoms with E-state index in [1.54, 1.807) is 0 Å². The lowest BCUT2D eigenvalue weighted by molar-refractivity contribution is -0.109. The van der Waals surface area contributed by atoms with Gasteiger partial charge in [-0.25, -0.2) is 0 Å². The number of hydrogen-bond acceptors (Lipinski definition) is 3. The van der Waals surface area contributed by atoms with E-state index in [0.717, 1.165) is 19.4 Å². The molecule has 0 aromatic carbocycles. The van der Waals surface area contributed by atoms with Crippen LogP contribution >= 0.6 is 0 Å². The molecule has 0 radical (unpaired) electrons. The first-order chi connectivity index (χ1) is 7.52. The van der Waals surface area contributed by atoms with E-state index >= 15 is 0 Å². The quantitative estimate of drug-likeness (QED) is 0.460. The minimum atomic E-state index is -0.116. The summed E-state index contributed by atoms with van der Waals surface area (Å²) in [7, 11) is 0. The van der Waals surface area contributed by atoms with Crippen LogP contribution in [0.2, 0.25) is 0 Å². The first-order valence-corrected chi connectivity index (χ1v) is 5.94. The van der Waals surface area contributed by atoms with Gasteiger partial charge in [-0.15, -0.1) is 0 Å². The highest BCUT2D eigenvalue weighted by atomic mass is 16.5. The number of carbonyl (C=O) groups is 1. The summed E-state index contributed by atoms with van der Waals surface area (Å²) in [6.45, 7) is 10.2. The number of amides is 1. The maximum atomic E-state index is 10.0. The summed E-state index contributed by atoms with van der Waals surface area (Å²) in [6.07, 6.45) is 2.61. The predicted molar refractivity (Wildman–Crippen MR) is 64.4 cm³/mol. The number of rotatable bonds is 10. The average Bonchev–Trinajstić information content (AvgIpc) is 2.17. The highest BCUT2D eigenvalue weighted by Crippen LogP contribution is 2.14. The van der Waals surface area contributed by atoms with Crippen molar-refractivity contribution in [2.75, 3.05) is 19.8 Å². The van der Waals surface area contributed by atoms with Gasteiger partial charge in [0, 0.05) is 19.8 Å². The van der Waals surface area contributed by atoms with Gasteiger partial charge in [-0.1, -0.05) is 0 Å². The minimum Gasteiger partial charge on any atom is -0.378 e. The van der Waals surface area contributed by atoms with Crippen molar-refractivity contribution < 1.29 is 14.3 Å². The fourth-order valence-electron chi connectivity index (χ4n) is 1.40. The van der Waals surface area contributed by atoms with Crippen LogP contribution in [0.15, 0.2) is 0 Å². The topological polar surface area (TPSA) is 47.6 Å². The third kappa shape index (κ3) is 8.68. The molecule has 1 amide bonds. The zero-order valence-corrected chi connectivity index (χ0v) is 10.9. The van der Waals surface area contributed by atoms with Crippen molar-refractivity contribution in [3.05, 3.63) is 0 Å². The summed E-state index contributed by atoms with van der Waals surface area (Å²) >= 11 is 0. The van der Waals surface area contributed by atoms with E-state index in [0.29, 0.717) is 19.6 Å². The van der Waals surface area contributed by atoms with Crippen LogP contribution in [0.5, 0.6) is 0 Å². The van der Waals surface area contributed by atoms with E-state index in [9.17, 15) is 4.79 Å². The zero-order chi connectivity index (χ0) is 12.4. The lowest BCUT2D eigenvalue weighted by Gasteiger charge is -2.25. The summed E-state index contributed by atoms with van der Waals surface area (Å²) in [5.74, 6) is 0. The molecule has 0 aromatic rings. The van der Waals surface area contributed by atoms with Gasteiger partial charge in [-0.2, -0.15) is 0 Å². The molecule has 0 aliphatic carbocycles. The number of hydrogen-bond donors (Lipinski definition) is 1. The summed E-state index contributed by atoms with van der Waals surface area (Å²) < 4.78 is 11.2. The van der Waals surface area contributed by atoms with Crippen LogP contribution in [-0.4, -0.2) is 37.9 Å². The SMILES string of the molecule is CCOC(C)(C)CCOC(C)CCNC=O. The van der Waals surface area contributed by atoms with Crippen molar-refractivity contribution in [2.24, 2.45) is 0 Å². The Morgan fingerprint density at radius 3 is 2.69 bits per heavy atom. The molecule has 0 saturated heterocycles. The smallest absolute Gasteiger partial charge is 0.207 e. The van der Waals surface area contributed by atoms with Crippen LogP contribution in [0.4, 0.5) is 0 Å². The van der Waals surface area contributed by atoms with Crippen LogP contribution in [0.3, 0.4) is 0 Å². The fraction of sp³-hybridized carbons (Fsp3) is 0.917. The first kappa shape index (κ1) is 15.4. The molecule has 4 heteroatoms. The first-order valence-electron chi connectivity index (χ1n) is 5.94. The summed E-state index contributed by atoms with van der Waals surface area (Å²) in [6, 6.07) is 0. The van der Waals surface area contributed by atoms with Gasteiger partial charge in [0.2, 0.25) is 6.41 Å². The summed E-state index contributed by atoms with van der Waals surface area (Å²) in [4.78, 5) is 10.0. The molecule has 0 spiro atoms. The molecule has 1 unspecified atom stereocenters. The van der Waals surface area contributed by atoms with Crippen LogP contribution in [0.1, 0.15) is 40.5 Å². The molecular formula is C12H25NO3. The third-order valence-electron chi connectivity index (χ3n) is 2.42. The lowest BCUT2D eigenvalue weighted by Crippen LogP contribution is -2.27. The Bertz CT molecular complexity index is 183. The normalized spacial score (nSPS) is 13.5. The molecule has 1 N–H and O–H groups in total. The fourth-order valence-corrected chi connectivity index (χ4v) is 1.40. The highest BCUT2D eigenvalue weighted by molar-refractivity contribution is 5.45. The molecule has 4 nitrogen and oxygen atoms in total. The van der Waals surface area contributed by atoms with Crippen LogP contribution in [0, 0.1) is 0 Å². The van der Waals surface area contributed by atoms with Crippen molar-refractivity contribution in [1.29, 1.82) is 0 Å². The zero-order valence-electron chi connectivity index (χ0n) is 10.9. The van der Waals surface area contributed by atoms with E-state index in [4.69, 9.17) is 9.47 Å². The standard InChI is InChI=1S/C12H25NO3/c1-5-16-12(3,4)7-9-15-11(2)6-8-13-10-14/h10-11H,5-9H2,1-4H3,(H,13,14). The van der Waals surface area contributed by atoms with Gasteiger partial charge >= 0.3 is 0 Å². The lowest BCUT2D eigenvalue weighted by atomic mass is 10.1. The summed E-state index contributed by atoms with van der Waals surface area (Å²) in [5.41, 5.74) is -0.116. The Balaban J connectivity index is 3.52. The molecule has 0 rings (SSSR count). The van der Waals surface area contributed by atoms with E-state index in [-0.39, 0.29) is 11.7 Å². The Labute approximate surface area is 98.7 Å². The summed E-state index contributed by atoms with van der Waals surface area (Å²) in [5, 5.41) is 2.62. The van der Waals surface area contributed by atoms with Crippen molar-refractivity contribution >= 4 is 6.41 Å². The van der Waals surface area contributed by atoms with E-state index in [1.807, 2.05) is 13.8 Å². The molecule has 0 aliphatic rings. The largest absolute Gasteiger partial charge is 0.378 e. The second kappa shape index (κ2) is 8.53.